The van der Waals surface area contributed by atoms with Crippen LogP contribution in [0.15, 0.2) is 72.8 Å². The summed E-state index contributed by atoms with van der Waals surface area (Å²) in [6.45, 7) is 15.5. The van der Waals surface area contributed by atoms with Crippen molar-refractivity contribution in [1.82, 2.24) is 14.7 Å². The molecule has 7 rings (SSSR count). The van der Waals surface area contributed by atoms with Crippen LogP contribution in [0.2, 0.25) is 5.15 Å². The maximum atomic E-state index is 13.5. The van der Waals surface area contributed by atoms with Gasteiger partial charge in [-0.15, -0.1) is 0 Å². The predicted octanol–water partition coefficient (Wildman–Crippen LogP) is 8.77. The van der Waals surface area contributed by atoms with Crippen molar-refractivity contribution in [2.24, 2.45) is 5.73 Å². The molecule has 3 aromatic carbocycles. The Kier molecular flexibility index (Phi) is 18.2. The zero-order valence-corrected chi connectivity index (χ0v) is 45.2. The van der Waals surface area contributed by atoms with E-state index in [0.29, 0.717) is 86.0 Å². The third-order valence-electron chi connectivity index (χ3n) is 12.7. The smallest absolute Gasteiger partial charge is 0.171 e. The van der Waals surface area contributed by atoms with Crippen LogP contribution < -0.4 is 38.9 Å². The van der Waals surface area contributed by atoms with Crippen LogP contribution in [0.25, 0.3) is 11.3 Å². The SMILES string of the molecule is CCCOc1ccc(C(=O)CCC(C)(O)c2cc3c(c(Cl)n2)OCC3(C)NS(=O)C(C)(C)C)cc1OC.COc1cc(C(=O)CCC(C)(O)c2cc3c(c(-c4ccc(F)cc4)n2)OCC3(C)N)ccc1OCCO. The molecule has 5 unspecified atom stereocenters. The molecule has 2 aliphatic rings. The zero-order chi connectivity index (χ0) is 54.4. The molecule has 6 N–H and O–H groups in total. The minimum Gasteiger partial charge on any atom is -0.493 e. The van der Waals surface area contributed by atoms with Crippen molar-refractivity contribution in [2.45, 2.75) is 115 Å². The number of nitrogens with zero attached hydrogens (tertiary/aromatic N) is 2. The number of pyridine rings is 2. The third-order valence-corrected chi connectivity index (χ3v) is 14.7. The summed E-state index contributed by atoms with van der Waals surface area (Å²) >= 11 is 6.43. The lowest BCUT2D eigenvalue weighted by molar-refractivity contribution is 0.0395. The lowest BCUT2D eigenvalue weighted by atomic mass is 9.88. The Hall–Kier alpha value is -5.73. The normalized spacial score (nSPS) is 18.8. The molecule has 0 aliphatic carbocycles. The van der Waals surface area contributed by atoms with Crippen LogP contribution in [0.1, 0.15) is 131 Å². The summed E-state index contributed by atoms with van der Waals surface area (Å²) < 4.78 is 62.4. The van der Waals surface area contributed by atoms with Gasteiger partial charge in [-0.25, -0.2) is 23.3 Å². The Morgan fingerprint density at radius 3 is 1.80 bits per heavy atom. The van der Waals surface area contributed by atoms with E-state index in [1.807, 2.05) is 41.5 Å². The summed E-state index contributed by atoms with van der Waals surface area (Å²) in [5.74, 6) is 2.03. The molecule has 400 valence electrons. The number of carbonyl (C=O) groups excluding carboxylic acids is 2. The second-order valence-electron chi connectivity index (χ2n) is 20.3. The highest BCUT2D eigenvalue weighted by Crippen LogP contribution is 2.46. The monoisotopic (exact) mass is 1060 g/mol. The van der Waals surface area contributed by atoms with Gasteiger partial charge in [0.2, 0.25) is 0 Å². The Labute approximate surface area is 439 Å². The van der Waals surface area contributed by atoms with E-state index in [2.05, 4.69) is 14.7 Å². The number of rotatable bonds is 21. The van der Waals surface area contributed by atoms with E-state index in [4.69, 9.17) is 50.9 Å². The van der Waals surface area contributed by atoms with Gasteiger partial charge in [-0.1, -0.05) is 18.5 Å². The van der Waals surface area contributed by atoms with Crippen LogP contribution >= 0.6 is 11.6 Å². The van der Waals surface area contributed by atoms with E-state index in [0.717, 1.165) is 6.42 Å². The number of nitrogens with one attached hydrogen (secondary N) is 1. The van der Waals surface area contributed by atoms with Crippen LogP contribution in [-0.2, 0) is 33.3 Å². The molecule has 74 heavy (non-hydrogen) atoms. The van der Waals surface area contributed by atoms with Crippen LogP contribution in [0.3, 0.4) is 0 Å². The van der Waals surface area contributed by atoms with E-state index in [1.165, 1.54) is 26.4 Å². The van der Waals surface area contributed by atoms with Gasteiger partial charge in [0.15, 0.2) is 51.2 Å². The van der Waals surface area contributed by atoms with Crippen molar-refractivity contribution in [3.8, 4) is 45.8 Å². The van der Waals surface area contributed by atoms with Crippen molar-refractivity contribution in [2.75, 3.05) is 47.3 Å². The molecule has 2 aromatic heterocycles. The molecule has 4 heterocycles. The number of aliphatic hydroxyl groups excluding tert-OH is 1. The topological polar surface area (TPSA) is 231 Å². The molecule has 0 bridgehead atoms. The first-order chi connectivity index (χ1) is 34.8. The molecule has 0 fully saturated rings. The van der Waals surface area contributed by atoms with Crippen LogP contribution in [0.4, 0.5) is 4.39 Å². The van der Waals surface area contributed by atoms with Gasteiger partial charge in [-0.05, 0) is 141 Å². The molecule has 16 nitrogen and oxygen atoms in total. The number of carbonyl (C=O) groups is 2. The molecule has 2 aliphatic heterocycles. The summed E-state index contributed by atoms with van der Waals surface area (Å²) in [7, 11) is 1.63. The summed E-state index contributed by atoms with van der Waals surface area (Å²) in [6.07, 6.45) is 1.17. The second-order valence-corrected chi connectivity index (χ2v) is 22.6. The molecular formula is C55H68ClFN4O12S. The minimum atomic E-state index is -1.47. The van der Waals surface area contributed by atoms with Crippen molar-refractivity contribution in [3.05, 3.63) is 117 Å². The molecule has 0 spiro atoms. The summed E-state index contributed by atoms with van der Waals surface area (Å²) in [4.78, 5) is 35.0. The summed E-state index contributed by atoms with van der Waals surface area (Å²) in [5, 5.41) is 31.8. The molecule has 0 saturated heterocycles. The molecule has 19 heteroatoms. The first-order valence-electron chi connectivity index (χ1n) is 24.3. The summed E-state index contributed by atoms with van der Waals surface area (Å²) in [6, 6.07) is 19.1. The maximum absolute atomic E-state index is 13.5. The fourth-order valence-electron chi connectivity index (χ4n) is 8.09. The number of halogens is 2. The van der Waals surface area contributed by atoms with Gasteiger partial charge < -0.3 is 49.5 Å². The zero-order valence-electron chi connectivity index (χ0n) is 43.7. The molecule has 5 aromatic rings. The van der Waals surface area contributed by atoms with Crippen molar-refractivity contribution < 1.29 is 61.9 Å². The highest BCUT2D eigenvalue weighted by Gasteiger charge is 2.43. The number of aromatic nitrogens is 2. The fraction of sp³-hybridized carbons (Fsp3) is 0.455. The van der Waals surface area contributed by atoms with E-state index >= 15 is 0 Å². The fourth-order valence-corrected chi connectivity index (χ4v) is 9.22. The largest absolute Gasteiger partial charge is 0.493 e. The van der Waals surface area contributed by atoms with E-state index < -0.39 is 38.0 Å². The standard InChI is InChI=1S/C28H31FN2O6.C27H37ClN2O6S/c1-27(30)16-37-26-20(27)15-24(31-25(26)17-4-7-19(29)8-5-17)28(2,34)11-10-21(33)18-6-9-22(36-13-12-32)23(14-18)35-3;1-8-13-35-20-10-9-17(14-21(20)34-7)19(31)11-12-27(6,32)22-15-18-23(24(28)29-22)36-16-26(18,5)30-37(33)25(2,3)4/h4-9,14-15,32,34H,10-13,16,30H2,1-3H3;9-10,14-15,30,32H,8,11-13,16H2,1-7H3. The van der Waals surface area contributed by atoms with E-state index in [9.17, 15) is 28.4 Å². The molecular weight excluding hydrogens is 995 g/mol. The summed E-state index contributed by atoms with van der Waals surface area (Å²) in [5.41, 5.74) is 5.90. The second kappa shape index (κ2) is 23.4. The maximum Gasteiger partial charge on any atom is 0.171 e. The van der Waals surface area contributed by atoms with Crippen molar-refractivity contribution in [3.63, 3.8) is 0 Å². The van der Waals surface area contributed by atoms with Crippen LogP contribution in [-0.4, -0.2) is 93.1 Å². The number of nitrogens with two attached hydrogens (primary N) is 1. The van der Waals surface area contributed by atoms with Gasteiger partial charge >= 0.3 is 0 Å². The Morgan fingerprint density at radius 2 is 1.28 bits per heavy atom. The van der Waals surface area contributed by atoms with E-state index in [-0.39, 0.29) is 74.6 Å². The number of methoxy groups -OCH3 is 2. The van der Waals surface area contributed by atoms with Crippen molar-refractivity contribution in [1.29, 1.82) is 0 Å². The first-order valence-corrected chi connectivity index (χ1v) is 25.8. The van der Waals surface area contributed by atoms with Crippen LogP contribution in [0.5, 0.6) is 34.5 Å². The number of ether oxygens (including phenoxy) is 6. The van der Waals surface area contributed by atoms with Gasteiger partial charge in [-0.2, -0.15) is 0 Å². The lowest BCUT2D eigenvalue weighted by Gasteiger charge is -2.30. The number of ketones is 2. The van der Waals surface area contributed by atoms with Gasteiger partial charge in [-0.3, -0.25) is 9.59 Å². The average molecular weight is 1060 g/mol. The molecule has 5 atom stereocenters. The number of hydrogen-bond donors (Lipinski definition) is 5. The Bertz CT molecular complexity index is 2860. The number of Topliss-reactive ketones (excluding diaryl/α,β-unsaturated/α-hetero) is 2. The van der Waals surface area contributed by atoms with Gasteiger partial charge in [0.05, 0.1) is 65.6 Å². The molecule has 0 amide bonds. The van der Waals surface area contributed by atoms with E-state index in [1.54, 1.807) is 74.5 Å². The average Bonchev–Trinajstić information content (AvgIpc) is 3.87. The molecule has 0 radical (unpaired) electrons. The predicted molar refractivity (Wildman–Crippen MR) is 280 cm³/mol. The highest BCUT2D eigenvalue weighted by molar-refractivity contribution is 7.84. The van der Waals surface area contributed by atoms with Gasteiger partial charge in [0.25, 0.3) is 0 Å². The number of fused-ring (bicyclic) bond motifs is 2. The number of aliphatic hydroxyl groups is 3. The number of benzene rings is 3. The van der Waals surface area contributed by atoms with Crippen molar-refractivity contribution >= 4 is 34.2 Å². The lowest BCUT2D eigenvalue weighted by Crippen LogP contribution is -2.47. The number of hydrogen-bond acceptors (Lipinski definition) is 15. The highest BCUT2D eigenvalue weighted by atomic mass is 35.5. The van der Waals surface area contributed by atoms with Gasteiger partial charge in [0, 0.05) is 40.7 Å². The van der Waals surface area contributed by atoms with Crippen LogP contribution in [0, 0.1) is 5.82 Å². The minimum absolute atomic E-state index is 0.0358. The first kappa shape index (κ1) is 57.5. The quantitative estimate of drug-likeness (QED) is 0.0342. The Morgan fingerprint density at radius 1 is 0.770 bits per heavy atom. The Balaban J connectivity index is 0.000000241. The van der Waals surface area contributed by atoms with Gasteiger partial charge in [0.1, 0.15) is 42.5 Å². The third kappa shape index (κ3) is 13.4. The molecule has 0 saturated carbocycles.